The van der Waals surface area contributed by atoms with E-state index in [0.29, 0.717) is 22.5 Å². The highest BCUT2D eigenvalue weighted by molar-refractivity contribution is 6.12. The Kier molecular flexibility index (Phi) is 4.97. The minimum Gasteiger partial charge on any atom is -0.440 e. The Morgan fingerprint density at radius 1 is 0.625 bits per heavy atom. The fourth-order valence-electron chi connectivity index (χ4n) is 6.31. The number of ether oxygens (including phenoxy) is 2. The molecular weight excluding hydrogens is 508 g/mol. The van der Waals surface area contributed by atoms with Crippen LogP contribution in [0.2, 0.25) is 0 Å². The number of rotatable bonds is 4. The second kappa shape index (κ2) is 8.26. The third-order valence-corrected chi connectivity index (χ3v) is 8.15. The Labute approximate surface area is 230 Å². The van der Waals surface area contributed by atoms with E-state index in [2.05, 4.69) is 13.2 Å². The van der Waals surface area contributed by atoms with E-state index in [-0.39, 0.29) is 48.9 Å². The fourth-order valence-corrected chi connectivity index (χ4v) is 6.31. The van der Waals surface area contributed by atoms with E-state index >= 15 is 0 Å². The third-order valence-electron chi connectivity index (χ3n) is 8.15. The normalized spacial score (nSPS) is 24.8. The lowest BCUT2D eigenvalue weighted by molar-refractivity contribution is -0.156. The molecule has 0 radical (unpaired) electrons. The largest absolute Gasteiger partial charge is 0.440 e. The van der Waals surface area contributed by atoms with Gasteiger partial charge >= 0.3 is 11.9 Å². The van der Waals surface area contributed by atoms with Gasteiger partial charge in [0.25, 0.3) is 11.8 Å². The van der Waals surface area contributed by atoms with Gasteiger partial charge in [0.05, 0.1) is 24.5 Å². The number of hydrogen-bond acceptors (Lipinski definition) is 6. The van der Waals surface area contributed by atoms with Gasteiger partial charge in [-0.3, -0.25) is 9.59 Å². The van der Waals surface area contributed by atoms with Gasteiger partial charge in [-0.2, -0.15) is 0 Å². The smallest absolute Gasteiger partial charge is 0.335 e. The molecule has 4 aliphatic rings. The van der Waals surface area contributed by atoms with E-state index in [1.807, 2.05) is 72.8 Å². The van der Waals surface area contributed by atoms with Crippen LogP contribution < -0.4 is 9.80 Å². The zero-order valence-corrected chi connectivity index (χ0v) is 21.5. The molecule has 3 aromatic carbocycles. The average Bonchev–Trinajstić information content (AvgIpc) is 3.58. The Hall–Kier alpha value is -4.98. The summed E-state index contributed by atoms with van der Waals surface area (Å²) in [7, 11) is 0. The molecule has 0 saturated carbocycles. The van der Waals surface area contributed by atoms with Crippen LogP contribution in [0.25, 0.3) is 0 Å². The highest BCUT2D eigenvalue weighted by Crippen LogP contribution is 2.51. The summed E-state index contributed by atoms with van der Waals surface area (Å²) in [5, 5.41) is 0. The number of amides is 2. The lowest BCUT2D eigenvalue weighted by atomic mass is 9.91. The molecule has 8 nitrogen and oxygen atoms in total. The van der Waals surface area contributed by atoms with Gasteiger partial charge in [0, 0.05) is 35.1 Å². The van der Waals surface area contributed by atoms with Crippen molar-refractivity contribution in [1.82, 2.24) is 0 Å². The molecular formula is C32H24N2O6. The molecule has 0 aromatic heterocycles. The Balaban J connectivity index is 1.18. The van der Waals surface area contributed by atoms with Gasteiger partial charge in [-0.05, 0) is 23.3 Å². The summed E-state index contributed by atoms with van der Waals surface area (Å²) in [6, 6.07) is 22.3. The van der Waals surface area contributed by atoms with Gasteiger partial charge in [-0.15, -0.1) is 0 Å². The zero-order chi connectivity index (χ0) is 27.8. The summed E-state index contributed by atoms with van der Waals surface area (Å²) < 4.78 is 11.3. The quantitative estimate of drug-likeness (QED) is 0.370. The van der Waals surface area contributed by atoms with Crippen LogP contribution in [0.1, 0.15) is 35.1 Å². The maximum Gasteiger partial charge on any atom is 0.335 e. The van der Waals surface area contributed by atoms with Crippen LogP contribution in [-0.2, 0) is 52.9 Å². The number of carbonyl (C=O) groups excluding carboxylic acids is 4. The number of fused-ring (bicyclic) bond motifs is 4. The van der Waals surface area contributed by atoms with E-state index in [9.17, 15) is 19.2 Å². The van der Waals surface area contributed by atoms with E-state index < -0.39 is 23.1 Å². The van der Waals surface area contributed by atoms with Crippen molar-refractivity contribution in [1.29, 1.82) is 0 Å². The molecule has 2 unspecified atom stereocenters. The predicted octanol–water partition coefficient (Wildman–Crippen LogP) is 4.18. The number of hydrogen-bond donors (Lipinski definition) is 0. The Morgan fingerprint density at radius 2 is 1.05 bits per heavy atom. The van der Waals surface area contributed by atoms with Crippen LogP contribution in [0.4, 0.5) is 11.4 Å². The van der Waals surface area contributed by atoms with Crippen molar-refractivity contribution < 1.29 is 28.7 Å². The first-order chi connectivity index (χ1) is 19.2. The third kappa shape index (κ3) is 3.19. The minimum absolute atomic E-state index is 0.118. The first-order valence-corrected chi connectivity index (χ1v) is 13.0. The molecule has 0 aliphatic carbocycles. The number of benzene rings is 3. The lowest BCUT2D eigenvalue weighted by Crippen LogP contribution is -2.40. The van der Waals surface area contributed by atoms with Gasteiger partial charge in [-0.1, -0.05) is 73.8 Å². The zero-order valence-electron chi connectivity index (χ0n) is 21.5. The molecule has 4 heterocycles. The minimum atomic E-state index is -1.38. The van der Waals surface area contributed by atoms with E-state index in [1.54, 1.807) is 9.80 Å². The second-order valence-corrected chi connectivity index (χ2v) is 10.6. The number of carbonyl (C=O) groups is 4. The van der Waals surface area contributed by atoms with Gasteiger partial charge < -0.3 is 19.3 Å². The molecule has 2 fully saturated rings. The number of nitrogens with zero attached hydrogens (tertiary/aromatic N) is 2. The van der Waals surface area contributed by atoms with Gasteiger partial charge in [0.1, 0.15) is 0 Å². The summed E-state index contributed by atoms with van der Waals surface area (Å²) >= 11 is 0. The predicted molar refractivity (Wildman–Crippen MR) is 145 cm³/mol. The van der Waals surface area contributed by atoms with Crippen molar-refractivity contribution >= 4 is 35.1 Å². The van der Waals surface area contributed by atoms with Crippen LogP contribution in [0, 0.1) is 0 Å². The Bertz CT molecular complexity index is 1550. The molecule has 2 atom stereocenters. The molecule has 0 bridgehead atoms. The topological polar surface area (TPSA) is 93.2 Å². The molecule has 40 heavy (non-hydrogen) atoms. The van der Waals surface area contributed by atoms with Crippen molar-refractivity contribution in [3.05, 3.63) is 119 Å². The highest BCUT2D eigenvalue weighted by atomic mass is 16.6. The first-order valence-electron chi connectivity index (χ1n) is 13.0. The van der Waals surface area contributed by atoms with Crippen molar-refractivity contribution in [2.45, 2.75) is 37.1 Å². The molecule has 2 saturated heterocycles. The van der Waals surface area contributed by atoms with Gasteiger partial charge in [0.15, 0.2) is 0 Å². The first kappa shape index (κ1) is 24.1. The summed E-state index contributed by atoms with van der Waals surface area (Å²) in [5.41, 5.74) is 2.15. The summed E-state index contributed by atoms with van der Waals surface area (Å²) in [6.45, 7) is 8.06. The highest BCUT2D eigenvalue weighted by Gasteiger charge is 2.59. The monoisotopic (exact) mass is 532 g/mol. The molecule has 2 amide bonds. The molecule has 7 rings (SSSR count). The molecule has 2 spiro atoms. The van der Waals surface area contributed by atoms with E-state index in [1.165, 1.54) is 0 Å². The maximum absolute atomic E-state index is 13.7. The van der Waals surface area contributed by atoms with Crippen molar-refractivity contribution in [2.24, 2.45) is 0 Å². The van der Waals surface area contributed by atoms with Crippen molar-refractivity contribution in [3.63, 3.8) is 0 Å². The Morgan fingerprint density at radius 3 is 1.45 bits per heavy atom. The number of esters is 2. The van der Waals surface area contributed by atoms with Crippen LogP contribution >= 0.6 is 0 Å². The number of para-hydroxylation sites is 2. The standard InChI is InChI=1S/C32H24N2O6/c1-19-15-31(39-27(19)35)23-10-3-5-12-25(23)33(29(31)37)17-21-8-7-9-22(14-21)18-34-26-13-6-4-11-24(26)32(30(34)38)16-20(2)28(36)40-32/h3-14H,1-2,15-18H2. The van der Waals surface area contributed by atoms with E-state index in [4.69, 9.17) is 9.47 Å². The SMILES string of the molecule is C=C1CC2(OC1=O)C(=O)N(Cc1cccc(CN3C(=O)C4(CC(=C)C(=O)O4)c4ccccc43)c1)c1ccccc12. The van der Waals surface area contributed by atoms with Crippen LogP contribution in [0.5, 0.6) is 0 Å². The fraction of sp³-hybridized carbons (Fsp3) is 0.188. The molecule has 0 N–H and O–H groups in total. The maximum atomic E-state index is 13.7. The summed E-state index contributed by atoms with van der Waals surface area (Å²) in [4.78, 5) is 55.2. The van der Waals surface area contributed by atoms with E-state index in [0.717, 1.165) is 11.1 Å². The molecule has 4 aliphatic heterocycles. The summed E-state index contributed by atoms with van der Waals surface area (Å²) in [6.07, 6.45) is 0.237. The second-order valence-electron chi connectivity index (χ2n) is 10.6. The van der Waals surface area contributed by atoms with Gasteiger partial charge in [-0.25, -0.2) is 9.59 Å². The van der Waals surface area contributed by atoms with Crippen LogP contribution in [-0.4, -0.2) is 23.8 Å². The van der Waals surface area contributed by atoms with Gasteiger partial charge in [0.2, 0.25) is 11.2 Å². The van der Waals surface area contributed by atoms with Crippen molar-refractivity contribution in [3.8, 4) is 0 Å². The average molecular weight is 533 g/mol. The molecule has 8 heteroatoms. The van der Waals surface area contributed by atoms with Crippen LogP contribution in [0.3, 0.4) is 0 Å². The number of anilines is 2. The van der Waals surface area contributed by atoms with Crippen molar-refractivity contribution in [2.75, 3.05) is 9.80 Å². The molecule has 3 aromatic rings. The molecule has 198 valence electrons. The van der Waals surface area contributed by atoms with Crippen LogP contribution in [0.15, 0.2) is 97.1 Å². The lowest BCUT2D eigenvalue weighted by Gasteiger charge is -2.23. The summed E-state index contributed by atoms with van der Waals surface area (Å²) in [5.74, 6) is -1.73.